The van der Waals surface area contributed by atoms with E-state index in [-0.39, 0.29) is 23.8 Å². The second-order valence-electron chi connectivity index (χ2n) is 7.90. The summed E-state index contributed by atoms with van der Waals surface area (Å²) in [5, 5.41) is 5.21. The van der Waals surface area contributed by atoms with Gasteiger partial charge in [0, 0.05) is 44.0 Å². The molecule has 0 aliphatic carbocycles. The fraction of sp³-hybridized carbons (Fsp3) is 0.478. The third-order valence-corrected chi connectivity index (χ3v) is 6.90. The molecule has 2 fully saturated rings. The van der Waals surface area contributed by atoms with Crippen LogP contribution in [0.15, 0.2) is 47.8 Å². The van der Waals surface area contributed by atoms with Crippen LogP contribution in [0.5, 0.6) is 0 Å². The van der Waals surface area contributed by atoms with E-state index in [0.29, 0.717) is 26.1 Å². The molecule has 2 unspecified atom stereocenters. The summed E-state index contributed by atoms with van der Waals surface area (Å²) in [5.74, 6) is -0.198. The number of amides is 2. The molecule has 2 aromatic rings. The van der Waals surface area contributed by atoms with E-state index < -0.39 is 0 Å². The van der Waals surface area contributed by atoms with E-state index in [1.165, 1.54) is 10.4 Å². The lowest BCUT2D eigenvalue weighted by atomic mass is 10.1. The minimum absolute atomic E-state index is 0.0135. The van der Waals surface area contributed by atoms with Gasteiger partial charge in [-0.25, -0.2) is 0 Å². The molecule has 0 radical (unpaired) electrons. The lowest BCUT2D eigenvalue weighted by molar-refractivity contribution is -0.129. The van der Waals surface area contributed by atoms with E-state index in [2.05, 4.69) is 39.9 Å². The van der Waals surface area contributed by atoms with E-state index in [9.17, 15) is 9.59 Å². The second kappa shape index (κ2) is 10.2. The summed E-state index contributed by atoms with van der Waals surface area (Å²) in [5.41, 5.74) is 1.21. The van der Waals surface area contributed by atoms with Gasteiger partial charge in [0.15, 0.2) is 0 Å². The first-order valence-electron chi connectivity index (χ1n) is 10.7. The number of likely N-dealkylation sites (tertiary alicyclic amines) is 1. The average molecular weight is 428 g/mol. The summed E-state index contributed by atoms with van der Waals surface area (Å²) in [4.78, 5) is 30.7. The van der Waals surface area contributed by atoms with Crippen molar-refractivity contribution in [1.29, 1.82) is 0 Å². The molecule has 160 valence electrons. The first kappa shape index (κ1) is 21.0. The van der Waals surface area contributed by atoms with Crippen LogP contribution in [0.1, 0.15) is 22.9 Å². The molecule has 7 heteroatoms. The lowest BCUT2D eigenvalue weighted by Gasteiger charge is -2.34. The Bertz CT molecular complexity index is 821. The number of hydrogen-bond donors (Lipinski definition) is 1. The molecule has 1 aromatic heterocycles. The van der Waals surface area contributed by atoms with Crippen LogP contribution in [0.4, 0.5) is 0 Å². The Hall–Kier alpha value is -2.22. The number of morpholine rings is 1. The van der Waals surface area contributed by atoms with Gasteiger partial charge in [-0.15, -0.1) is 11.3 Å². The summed E-state index contributed by atoms with van der Waals surface area (Å²) < 4.78 is 5.48. The summed E-state index contributed by atoms with van der Waals surface area (Å²) in [6.07, 6.45) is 1.13. The van der Waals surface area contributed by atoms with E-state index in [4.69, 9.17) is 4.74 Å². The molecular formula is C23H29N3O3S. The minimum atomic E-state index is -0.262. The smallest absolute Gasteiger partial charge is 0.225 e. The highest BCUT2D eigenvalue weighted by molar-refractivity contribution is 7.10. The maximum Gasteiger partial charge on any atom is 0.225 e. The van der Waals surface area contributed by atoms with Gasteiger partial charge >= 0.3 is 0 Å². The van der Waals surface area contributed by atoms with Crippen LogP contribution >= 0.6 is 11.3 Å². The molecule has 2 aliphatic heterocycles. The molecule has 30 heavy (non-hydrogen) atoms. The number of rotatable bonds is 8. The monoisotopic (exact) mass is 427 g/mol. The first-order valence-corrected chi connectivity index (χ1v) is 11.5. The van der Waals surface area contributed by atoms with Crippen molar-refractivity contribution in [3.8, 4) is 0 Å². The zero-order valence-corrected chi connectivity index (χ0v) is 18.0. The third-order valence-electron chi connectivity index (χ3n) is 5.93. The molecule has 1 N–H and O–H groups in total. The van der Waals surface area contributed by atoms with Crippen molar-refractivity contribution in [2.24, 2.45) is 5.92 Å². The van der Waals surface area contributed by atoms with E-state index >= 15 is 0 Å². The topological polar surface area (TPSA) is 61.9 Å². The molecule has 4 rings (SSSR count). The van der Waals surface area contributed by atoms with Crippen molar-refractivity contribution < 1.29 is 14.3 Å². The molecule has 2 atom stereocenters. The van der Waals surface area contributed by atoms with Crippen LogP contribution < -0.4 is 5.32 Å². The molecular weight excluding hydrogens is 398 g/mol. The quantitative estimate of drug-likeness (QED) is 0.702. The summed E-state index contributed by atoms with van der Waals surface area (Å²) in [7, 11) is 0. The number of nitrogens with one attached hydrogen (secondary N) is 1. The van der Waals surface area contributed by atoms with Gasteiger partial charge in [0.25, 0.3) is 0 Å². The maximum atomic E-state index is 12.8. The van der Waals surface area contributed by atoms with Gasteiger partial charge in [0.2, 0.25) is 11.8 Å². The maximum absolute atomic E-state index is 12.8. The van der Waals surface area contributed by atoms with Crippen LogP contribution in [-0.4, -0.2) is 67.6 Å². The van der Waals surface area contributed by atoms with Gasteiger partial charge in [-0.3, -0.25) is 14.5 Å². The van der Waals surface area contributed by atoms with Gasteiger partial charge in [-0.2, -0.15) is 0 Å². The van der Waals surface area contributed by atoms with Crippen molar-refractivity contribution in [2.45, 2.75) is 18.9 Å². The summed E-state index contributed by atoms with van der Waals surface area (Å²) >= 11 is 1.72. The van der Waals surface area contributed by atoms with Crippen LogP contribution in [0.25, 0.3) is 0 Å². The number of carbonyl (C=O) groups is 2. The average Bonchev–Trinajstić information content (AvgIpc) is 3.44. The molecule has 0 bridgehead atoms. The fourth-order valence-corrected chi connectivity index (χ4v) is 5.05. The Morgan fingerprint density at radius 3 is 2.70 bits per heavy atom. The van der Waals surface area contributed by atoms with Gasteiger partial charge in [-0.1, -0.05) is 36.4 Å². The van der Waals surface area contributed by atoms with Crippen LogP contribution in [-0.2, 0) is 20.7 Å². The standard InChI is InChI=1S/C23H29N3O3S/c27-22-15-19(17-26(22)9-8-18-5-2-1-3-6-18)23(28)24-16-20(21-7-4-14-30-21)25-10-12-29-13-11-25/h1-7,14,19-20H,8-13,15-17H2,(H,24,28). The Balaban J connectivity index is 1.30. The molecule has 0 saturated carbocycles. The molecule has 2 amide bonds. The summed E-state index contributed by atoms with van der Waals surface area (Å²) in [6, 6.07) is 14.5. The largest absolute Gasteiger partial charge is 0.379 e. The van der Waals surface area contributed by atoms with Crippen molar-refractivity contribution in [3.63, 3.8) is 0 Å². The normalized spacial score (nSPS) is 21.0. The lowest BCUT2D eigenvalue weighted by Crippen LogP contribution is -2.44. The number of ether oxygens (including phenoxy) is 1. The predicted molar refractivity (Wildman–Crippen MR) is 117 cm³/mol. The second-order valence-corrected chi connectivity index (χ2v) is 8.88. The Morgan fingerprint density at radius 2 is 1.97 bits per heavy atom. The van der Waals surface area contributed by atoms with Crippen LogP contribution in [0.3, 0.4) is 0 Å². The van der Waals surface area contributed by atoms with Gasteiger partial charge in [0.1, 0.15) is 0 Å². The van der Waals surface area contributed by atoms with Crippen LogP contribution in [0, 0.1) is 5.92 Å². The van der Waals surface area contributed by atoms with E-state index in [0.717, 1.165) is 32.7 Å². The van der Waals surface area contributed by atoms with Crippen molar-refractivity contribution >= 4 is 23.2 Å². The Morgan fingerprint density at radius 1 is 1.17 bits per heavy atom. The van der Waals surface area contributed by atoms with Gasteiger partial charge < -0.3 is 15.0 Å². The molecule has 2 saturated heterocycles. The number of carbonyl (C=O) groups excluding carboxylic acids is 2. The Kier molecular flexibility index (Phi) is 7.15. The third kappa shape index (κ3) is 5.28. The molecule has 1 aromatic carbocycles. The summed E-state index contributed by atoms with van der Waals surface area (Å²) in [6.45, 7) is 4.93. The number of hydrogen-bond acceptors (Lipinski definition) is 5. The number of nitrogens with zero attached hydrogens (tertiary/aromatic N) is 2. The molecule has 3 heterocycles. The van der Waals surface area contributed by atoms with Gasteiger partial charge in [-0.05, 0) is 23.4 Å². The van der Waals surface area contributed by atoms with Crippen molar-refractivity contribution in [3.05, 3.63) is 58.3 Å². The molecule has 6 nitrogen and oxygen atoms in total. The molecule has 0 spiro atoms. The number of benzene rings is 1. The van der Waals surface area contributed by atoms with Crippen molar-refractivity contribution in [2.75, 3.05) is 45.9 Å². The van der Waals surface area contributed by atoms with E-state index in [1.54, 1.807) is 11.3 Å². The van der Waals surface area contributed by atoms with Crippen molar-refractivity contribution in [1.82, 2.24) is 15.1 Å². The Labute approximate surface area is 181 Å². The highest BCUT2D eigenvalue weighted by atomic mass is 32.1. The highest BCUT2D eigenvalue weighted by Gasteiger charge is 2.34. The number of thiophene rings is 1. The van der Waals surface area contributed by atoms with Gasteiger partial charge in [0.05, 0.1) is 25.2 Å². The zero-order chi connectivity index (χ0) is 20.8. The van der Waals surface area contributed by atoms with E-state index in [1.807, 2.05) is 23.1 Å². The molecule has 2 aliphatic rings. The predicted octanol–water partition coefficient (Wildman–Crippen LogP) is 2.33. The van der Waals surface area contributed by atoms with Crippen LogP contribution in [0.2, 0.25) is 0 Å². The SMILES string of the molecule is O=C(NCC(c1cccs1)N1CCOCC1)C1CC(=O)N(CCc2ccccc2)C1. The zero-order valence-electron chi connectivity index (χ0n) is 17.2. The fourth-order valence-electron chi connectivity index (χ4n) is 4.19. The first-order chi connectivity index (χ1) is 14.7. The minimum Gasteiger partial charge on any atom is -0.379 e. The highest BCUT2D eigenvalue weighted by Crippen LogP contribution is 2.26.